The molecule has 2 nitrogen and oxygen atoms in total. The molecule has 0 bridgehead atoms. The van der Waals surface area contributed by atoms with Crippen LogP contribution in [0.2, 0.25) is 0 Å². The van der Waals surface area contributed by atoms with Gasteiger partial charge in [0.05, 0.1) is 17.8 Å². The number of hydrogen-bond donors (Lipinski definition) is 1. The van der Waals surface area contributed by atoms with Gasteiger partial charge in [0, 0.05) is 7.11 Å². The van der Waals surface area contributed by atoms with Gasteiger partial charge >= 0.3 is 0 Å². The van der Waals surface area contributed by atoms with Crippen molar-refractivity contribution in [2.75, 3.05) is 19.0 Å². The highest BCUT2D eigenvalue weighted by Gasteiger charge is 2.36. The molecule has 2 rings (SSSR count). The van der Waals surface area contributed by atoms with Crippen LogP contribution in [0.15, 0.2) is 18.2 Å². The lowest BCUT2D eigenvalue weighted by Crippen LogP contribution is -2.40. The summed E-state index contributed by atoms with van der Waals surface area (Å²) in [6.45, 7) is 2.70. The maximum atomic E-state index is 13.5. The maximum absolute atomic E-state index is 13.5. The fraction of sp³-hybridized carbons (Fsp3) is 0.500. The first-order chi connectivity index (χ1) is 7.21. The number of methoxy groups -OCH3 is 1. The molecule has 0 fully saturated rings. The Labute approximate surface area is 89.4 Å². The van der Waals surface area contributed by atoms with Crippen LogP contribution in [0.3, 0.4) is 0 Å². The van der Waals surface area contributed by atoms with E-state index in [9.17, 15) is 4.39 Å². The minimum atomic E-state index is -0.168. The SMILES string of the molecule is CCC1(COC)Cc2cccc(F)c2N1. The van der Waals surface area contributed by atoms with Crippen molar-refractivity contribution >= 4 is 5.69 Å². The maximum Gasteiger partial charge on any atom is 0.146 e. The van der Waals surface area contributed by atoms with Crippen LogP contribution in [0.25, 0.3) is 0 Å². The third kappa shape index (κ3) is 1.72. The van der Waals surface area contributed by atoms with Gasteiger partial charge in [-0.3, -0.25) is 0 Å². The molecule has 1 unspecified atom stereocenters. The van der Waals surface area contributed by atoms with Gasteiger partial charge in [0.25, 0.3) is 0 Å². The second-order valence-electron chi connectivity index (χ2n) is 4.14. The number of hydrogen-bond acceptors (Lipinski definition) is 2. The molecule has 0 aliphatic carbocycles. The fourth-order valence-electron chi connectivity index (χ4n) is 2.21. The third-order valence-electron chi connectivity index (χ3n) is 3.12. The first-order valence-corrected chi connectivity index (χ1v) is 5.25. The number of benzene rings is 1. The molecule has 82 valence electrons. The molecule has 1 atom stereocenters. The smallest absolute Gasteiger partial charge is 0.146 e. The van der Waals surface area contributed by atoms with Crippen molar-refractivity contribution in [1.29, 1.82) is 0 Å². The average Bonchev–Trinajstić information content (AvgIpc) is 2.59. The van der Waals surface area contributed by atoms with Crippen molar-refractivity contribution in [3.05, 3.63) is 29.6 Å². The Morgan fingerprint density at radius 3 is 2.93 bits per heavy atom. The Morgan fingerprint density at radius 1 is 1.53 bits per heavy atom. The van der Waals surface area contributed by atoms with Crippen LogP contribution in [0.4, 0.5) is 10.1 Å². The van der Waals surface area contributed by atoms with E-state index < -0.39 is 0 Å². The molecule has 0 radical (unpaired) electrons. The topological polar surface area (TPSA) is 21.3 Å². The number of fused-ring (bicyclic) bond motifs is 1. The van der Waals surface area contributed by atoms with Gasteiger partial charge < -0.3 is 10.1 Å². The van der Waals surface area contributed by atoms with E-state index in [0.29, 0.717) is 12.3 Å². The van der Waals surface area contributed by atoms with Crippen molar-refractivity contribution in [2.45, 2.75) is 25.3 Å². The minimum Gasteiger partial charge on any atom is -0.382 e. The average molecular weight is 209 g/mol. The Balaban J connectivity index is 2.31. The quantitative estimate of drug-likeness (QED) is 0.826. The lowest BCUT2D eigenvalue weighted by molar-refractivity contribution is 0.143. The largest absolute Gasteiger partial charge is 0.382 e. The van der Waals surface area contributed by atoms with E-state index in [1.807, 2.05) is 6.07 Å². The Kier molecular flexibility index (Phi) is 2.65. The number of nitrogens with one attached hydrogen (secondary N) is 1. The normalized spacial score (nSPS) is 23.7. The molecule has 0 saturated carbocycles. The van der Waals surface area contributed by atoms with Gasteiger partial charge in [-0.25, -0.2) is 4.39 Å². The molecule has 1 aromatic carbocycles. The van der Waals surface area contributed by atoms with Crippen LogP contribution >= 0.6 is 0 Å². The van der Waals surface area contributed by atoms with E-state index in [2.05, 4.69) is 12.2 Å². The molecular weight excluding hydrogens is 193 g/mol. The zero-order valence-electron chi connectivity index (χ0n) is 9.14. The Bertz CT molecular complexity index is 367. The van der Waals surface area contributed by atoms with Crippen molar-refractivity contribution < 1.29 is 9.13 Å². The van der Waals surface area contributed by atoms with Crippen molar-refractivity contribution in [3.8, 4) is 0 Å². The van der Waals surface area contributed by atoms with Crippen LogP contribution in [-0.2, 0) is 11.2 Å². The molecular formula is C12H16FNO. The highest BCUT2D eigenvalue weighted by molar-refractivity contribution is 5.60. The zero-order chi connectivity index (χ0) is 10.9. The first-order valence-electron chi connectivity index (χ1n) is 5.25. The lowest BCUT2D eigenvalue weighted by Gasteiger charge is -2.27. The summed E-state index contributed by atoms with van der Waals surface area (Å²) in [5.41, 5.74) is 1.57. The van der Waals surface area contributed by atoms with E-state index in [-0.39, 0.29) is 11.4 Å². The summed E-state index contributed by atoms with van der Waals surface area (Å²) in [4.78, 5) is 0. The second-order valence-corrected chi connectivity index (χ2v) is 4.14. The van der Waals surface area contributed by atoms with E-state index in [0.717, 1.165) is 18.4 Å². The molecule has 1 aliphatic heterocycles. The minimum absolute atomic E-state index is 0.126. The van der Waals surface area contributed by atoms with Crippen molar-refractivity contribution in [2.24, 2.45) is 0 Å². The molecule has 1 N–H and O–H groups in total. The van der Waals surface area contributed by atoms with Gasteiger partial charge in [0.15, 0.2) is 0 Å². The van der Waals surface area contributed by atoms with Crippen molar-refractivity contribution in [1.82, 2.24) is 0 Å². The number of ether oxygens (including phenoxy) is 1. The lowest BCUT2D eigenvalue weighted by atomic mass is 9.93. The van der Waals surface area contributed by atoms with E-state index >= 15 is 0 Å². The van der Waals surface area contributed by atoms with Gasteiger partial charge in [-0.05, 0) is 24.5 Å². The van der Waals surface area contributed by atoms with Gasteiger partial charge in [-0.2, -0.15) is 0 Å². The highest BCUT2D eigenvalue weighted by Crippen LogP contribution is 2.36. The molecule has 0 spiro atoms. The van der Waals surface area contributed by atoms with Gasteiger partial charge in [-0.15, -0.1) is 0 Å². The molecule has 1 heterocycles. The van der Waals surface area contributed by atoms with Crippen LogP contribution < -0.4 is 5.32 Å². The number of para-hydroxylation sites is 1. The van der Waals surface area contributed by atoms with Gasteiger partial charge in [-0.1, -0.05) is 19.1 Å². The molecule has 1 aliphatic rings. The summed E-state index contributed by atoms with van der Waals surface area (Å²) in [6, 6.07) is 5.22. The molecule has 1 aromatic rings. The summed E-state index contributed by atoms with van der Waals surface area (Å²) < 4.78 is 18.7. The summed E-state index contributed by atoms with van der Waals surface area (Å²) in [6.07, 6.45) is 1.76. The highest BCUT2D eigenvalue weighted by atomic mass is 19.1. The predicted octanol–water partition coefficient (Wildman–Crippen LogP) is 2.59. The molecule has 0 aromatic heterocycles. The summed E-state index contributed by atoms with van der Waals surface area (Å²) in [5, 5.41) is 3.27. The summed E-state index contributed by atoms with van der Waals surface area (Å²) >= 11 is 0. The second kappa shape index (κ2) is 3.81. The molecule has 0 saturated heterocycles. The molecule has 0 amide bonds. The summed E-state index contributed by atoms with van der Waals surface area (Å²) in [5.74, 6) is -0.168. The Hall–Kier alpha value is -1.09. The molecule has 15 heavy (non-hydrogen) atoms. The standard InChI is InChI=1S/C12H16FNO/c1-3-12(8-15-2)7-9-5-4-6-10(13)11(9)14-12/h4-6,14H,3,7-8H2,1-2H3. The van der Waals surface area contributed by atoms with Gasteiger partial charge in [0.1, 0.15) is 5.82 Å². The van der Waals surface area contributed by atoms with Crippen LogP contribution in [0, 0.1) is 5.82 Å². The van der Waals surface area contributed by atoms with E-state index in [4.69, 9.17) is 4.74 Å². The van der Waals surface area contributed by atoms with E-state index in [1.165, 1.54) is 6.07 Å². The zero-order valence-corrected chi connectivity index (χ0v) is 9.14. The predicted molar refractivity (Wildman–Crippen MR) is 58.6 cm³/mol. The number of halogens is 1. The number of rotatable bonds is 3. The summed E-state index contributed by atoms with van der Waals surface area (Å²) in [7, 11) is 1.68. The monoisotopic (exact) mass is 209 g/mol. The van der Waals surface area contributed by atoms with Crippen LogP contribution in [0.1, 0.15) is 18.9 Å². The van der Waals surface area contributed by atoms with Crippen LogP contribution in [-0.4, -0.2) is 19.3 Å². The Morgan fingerprint density at radius 2 is 2.33 bits per heavy atom. The first kappa shape index (κ1) is 10.4. The molecule has 3 heteroatoms. The number of anilines is 1. The van der Waals surface area contributed by atoms with Gasteiger partial charge in [0.2, 0.25) is 0 Å². The fourth-order valence-corrected chi connectivity index (χ4v) is 2.21. The van der Waals surface area contributed by atoms with Crippen molar-refractivity contribution in [3.63, 3.8) is 0 Å². The van der Waals surface area contributed by atoms with E-state index in [1.54, 1.807) is 13.2 Å². The third-order valence-corrected chi connectivity index (χ3v) is 3.12. The van der Waals surface area contributed by atoms with Crippen LogP contribution in [0.5, 0.6) is 0 Å².